The van der Waals surface area contributed by atoms with Gasteiger partial charge in [-0.2, -0.15) is 0 Å². The topological polar surface area (TPSA) is 9.23 Å². The summed E-state index contributed by atoms with van der Waals surface area (Å²) in [5.74, 6) is 1.69. The maximum absolute atomic E-state index is 6.18. The number of ether oxygens (including phenoxy) is 1. The van der Waals surface area contributed by atoms with Gasteiger partial charge in [-0.05, 0) is 43.9 Å². The molecule has 0 unspecified atom stereocenters. The summed E-state index contributed by atoms with van der Waals surface area (Å²) in [6.45, 7) is 7.77. The van der Waals surface area contributed by atoms with Crippen molar-refractivity contribution in [3.05, 3.63) is 0 Å². The van der Waals surface area contributed by atoms with Crippen molar-refractivity contribution in [2.75, 3.05) is 11.9 Å². The highest BCUT2D eigenvalue weighted by atomic mass is 79.9. The zero-order valence-corrected chi connectivity index (χ0v) is 12.7. The minimum absolute atomic E-state index is 0.153. The molecule has 0 aromatic heterocycles. The molecule has 0 bridgehead atoms. The van der Waals surface area contributed by atoms with Crippen molar-refractivity contribution < 1.29 is 4.74 Å². The van der Waals surface area contributed by atoms with Crippen molar-refractivity contribution in [2.24, 2.45) is 11.8 Å². The smallest absolute Gasteiger partial charge is 0.0779 e. The van der Waals surface area contributed by atoms with Crippen LogP contribution in [0.2, 0.25) is 0 Å². The summed E-state index contributed by atoms with van der Waals surface area (Å²) in [5.41, 5.74) is 0.153. The van der Waals surface area contributed by atoms with E-state index in [1.165, 1.54) is 38.5 Å². The van der Waals surface area contributed by atoms with Gasteiger partial charge in [0.25, 0.3) is 0 Å². The van der Waals surface area contributed by atoms with Crippen LogP contribution in [0, 0.1) is 11.8 Å². The van der Waals surface area contributed by atoms with Crippen molar-refractivity contribution in [1.82, 2.24) is 0 Å². The van der Waals surface area contributed by atoms with E-state index in [0.717, 1.165) is 23.8 Å². The molecule has 16 heavy (non-hydrogen) atoms. The van der Waals surface area contributed by atoms with E-state index in [-0.39, 0.29) is 5.60 Å². The predicted octanol–water partition coefficient (Wildman–Crippen LogP) is 4.78. The second-order valence-corrected chi connectivity index (χ2v) is 6.26. The van der Waals surface area contributed by atoms with Crippen LogP contribution < -0.4 is 0 Å². The molecule has 1 aliphatic carbocycles. The van der Waals surface area contributed by atoms with E-state index in [2.05, 4.69) is 36.7 Å². The number of rotatable bonds is 6. The highest BCUT2D eigenvalue weighted by molar-refractivity contribution is 9.09. The summed E-state index contributed by atoms with van der Waals surface area (Å²) >= 11 is 3.65. The van der Waals surface area contributed by atoms with Gasteiger partial charge in [-0.1, -0.05) is 43.1 Å². The van der Waals surface area contributed by atoms with Crippen LogP contribution in [0.4, 0.5) is 0 Å². The average Bonchev–Trinajstić information content (AvgIpc) is 2.29. The molecule has 0 spiro atoms. The lowest BCUT2D eigenvalue weighted by Crippen LogP contribution is -2.39. The lowest BCUT2D eigenvalue weighted by molar-refractivity contribution is -0.0634. The number of hydrogen-bond acceptors (Lipinski definition) is 1. The van der Waals surface area contributed by atoms with E-state index in [4.69, 9.17) is 4.74 Å². The Morgan fingerprint density at radius 1 is 1.31 bits per heavy atom. The third-order valence-corrected chi connectivity index (χ3v) is 4.96. The summed E-state index contributed by atoms with van der Waals surface area (Å²) in [5, 5.41) is 1.01. The summed E-state index contributed by atoms with van der Waals surface area (Å²) in [6, 6.07) is 0. The SMILES string of the molecule is CCC1CCC(CBr)(OCCC(C)C)CC1. The van der Waals surface area contributed by atoms with Gasteiger partial charge in [0.15, 0.2) is 0 Å². The van der Waals surface area contributed by atoms with Gasteiger partial charge < -0.3 is 4.74 Å². The minimum Gasteiger partial charge on any atom is -0.374 e. The van der Waals surface area contributed by atoms with Crippen LogP contribution >= 0.6 is 15.9 Å². The van der Waals surface area contributed by atoms with Gasteiger partial charge in [0.2, 0.25) is 0 Å². The Balaban J connectivity index is 2.34. The first-order chi connectivity index (χ1) is 7.62. The lowest BCUT2D eigenvalue weighted by atomic mass is 9.78. The Morgan fingerprint density at radius 2 is 1.94 bits per heavy atom. The molecule has 0 N–H and O–H groups in total. The number of halogens is 1. The first-order valence-corrected chi connectivity index (χ1v) is 7.94. The molecule has 0 saturated heterocycles. The first kappa shape index (κ1) is 14.5. The van der Waals surface area contributed by atoms with E-state index >= 15 is 0 Å². The third kappa shape index (κ3) is 4.37. The maximum atomic E-state index is 6.18. The van der Waals surface area contributed by atoms with Crippen LogP contribution in [0.25, 0.3) is 0 Å². The Labute approximate surface area is 109 Å². The van der Waals surface area contributed by atoms with Crippen molar-refractivity contribution in [1.29, 1.82) is 0 Å². The Bertz CT molecular complexity index is 183. The Morgan fingerprint density at radius 3 is 2.38 bits per heavy atom. The maximum Gasteiger partial charge on any atom is 0.0779 e. The molecular weight excluding hydrogens is 264 g/mol. The van der Waals surface area contributed by atoms with Crippen LogP contribution in [0.5, 0.6) is 0 Å². The first-order valence-electron chi connectivity index (χ1n) is 6.82. The monoisotopic (exact) mass is 290 g/mol. The zero-order chi connectivity index (χ0) is 12.0. The molecule has 0 radical (unpaired) electrons. The molecule has 1 fully saturated rings. The fraction of sp³-hybridized carbons (Fsp3) is 1.00. The van der Waals surface area contributed by atoms with E-state index in [1.807, 2.05) is 0 Å². The molecular formula is C14H27BrO. The number of hydrogen-bond donors (Lipinski definition) is 0. The van der Waals surface area contributed by atoms with Crippen LogP contribution in [0.15, 0.2) is 0 Å². The lowest BCUT2D eigenvalue weighted by Gasteiger charge is -2.39. The van der Waals surface area contributed by atoms with Gasteiger partial charge in [0, 0.05) is 11.9 Å². The fourth-order valence-electron chi connectivity index (χ4n) is 2.44. The highest BCUT2D eigenvalue weighted by Crippen LogP contribution is 2.37. The largest absolute Gasteiger partial charge is 0.374 e. The van der Waals surface area contributed by atoms with Gasteiger partial charge in [-0.25, -0.2) is 0 Å². The van der Waals surface area contributed by atoms with Gasteiger partial charge in [0.05, 0.1) is 5.60 Å². The van der Waals surface area contributed by atoms with Crippen molar-refractivity contribution in [3.63, 3.8) is 0 Å². The predicted molar refractivity (Wildman–Crippen MR) is 74.2 cm³/mol. The summed E-state index contributed by atoms with van der Waals surface area (Å²) in [7, 11) is 0. The molecule has 1 saturated carbocycles. The highest BCUT2D eigenvalue weighted by Gasteiger charge is 2.34. The van der Waals surface area contributed by atoms with Crippen molar-refractivity contribution >= 4 is 15.9 Å². The standard InChI is InChI=1S/C14H27BrO/c1-4-13-5-8-14(11-15,9-6-13)16-10-7-12(2)3/h12-13H,4-11H2,1-3H3. The molecule has 1 aliphatic rings. The van der Waals surface area contributed by atoms with Crippen LogP contribution in [-0.4, -0.2) is 17.5 Å². The van der Waals surface area contributed by atoms with E-state index in [9.17, 15) is 0 Å². The Kier molecular flexibility index (Phi) is 6.35. The van der Waals surface area contributed by atoms with Gasteiger partial charge in [-0.15, -0.1) is 0 Å². The second kappa shape index (κ2) is 7.00. The third-order valence-electron chi connectivity index (χ3n) is 3.94. The van der Waals surface area contributed by atoms with E-state index in [0.29, 0.717) is 0 Å². The van der Waals surface area contributed by atoms with Crippen molar-refractivity contribution in [2.45, 2.75) is 64.9 Å². The number of alkyl halides is 1. The molecule has 2 heteroatoms. The second-order valence-electron chi connectivity index (χ2n) is 5.70. The van der Waals surface area contributed by atoms with Gasteiger partial charge in [-0.3, -0.25) is 0 Å². The molecule has 0 aromatic carbocycles. The molecule has 0 amide bonds. The van der Waals surface area contributed by atoms with Crippen molar-refractivity contribution in [3.8, 4) is 0 Å². The summed E-state index contributed by atoms with van der Waals surface area (Å²) < 4.78 is 6.18. The van der Waals surface area contributed by atoms with E-state index in [1.54, 1.807) is 0 Å². The molecule has 0 atom stereocenters. The minimum atomic E-state index is 0.153. The summed E-state index contributed by atoms with van der Waals surface area (Å²) in [4.78, 5) is 0. The van der Waals surface area contributed by atoms with E-state index < -0.39 is 0 Å². The fourth-order valence-corrected chi connectivity index (χ4v) is 3.16. The molecule has 0 aliphatic heterocycles. The van der Waals surface area contributed by atoms with Crippen LogP contribution in [0.3, 0.4) is 0 Å². The molecule has 96 valence electrons. The molecule has 0 aromatic rings. The van der Waals surface area contributed by atoms with Crippen LogP contribution in [-0.2, 0) is 4.74 Å². The summed E-state index contributed by atoms with van der Waals surface area (Å²) in [6.07, 6.45) is 7.72. The van der Waals surface area contributed by atoms with Gasteiger partial charge in [0.1, 0.15) is 0 Å². The van der Waals surface area contributed by atoms with Gasteiger partial charge >= 0.3 is 0 Å². The molecule has 1 nitrogen and oxygen atoms in total. The molecule has 0 heterocycles. The van der Waals surface area contributed by atoms with Crippen LogP contribution in [0.1, 0.15) is 59.3 Å². The quantitative estimate of drug-likeness (QED) is 0.640. The normalized spacial score (nSPS) is 30.9. The molecule has 1 rings (SSSR count). The zero-order valence-electron chi connectivity index (χ0n) is 11.1. The average molecular weight is 291 g/mol. The Hall–Kier alpha value is 0.440.